The van der Waals surface area contributed by atoms with Crippen LogP contribution in [0, 0.1) is 6.92 Å². The van der Waals surface area contributed by atoms with E-state index in [1.807, 2.05) is 19.1 Å². The molecule has 0 fully saturated rings. The second-order valence-corrected chi connectivity index (χ2v) is 3.96. The van der Waals surface area contributed by atoms with E-state index in [0.29, 0.717) is 15.6 Å². The molecule has 0 aliphatic carbocycles. The maximum absolute atomic E-state index is 11.3. The van der Waals surface area contributed by atoms with Crippen LogP contribution in [0.3, 0.4) is 0 Å². The van der Waals surface area contributed by atoms with Gasteiger partial charge in [-0.25, -0.2) is 0 Å². The van der Waals surface area contributed by atoms with Crippen molar-refractivity contribution in [2.45, 2.75) is 13.8 Å². The molecule has 0 heterocycles. The van der Waals surface area contributed by atoms with Gasteiger partial charge in [0.2, 0.25) is 0 Å². The van der Waals surface area contributed by atoms with Gasteiger partial charge in [0.1, 0.15) is 0 Å². The molecule has 0 bridgehead atoms. The van der Waals surface area contributed by atoms with Crippen molar-refractivity contribution in [3.8, 4) is 0 Å². The van der Waals surface area contributed by atoms with E-state index < -0.39 is 0 Å². The summed E-state index contributed by atoms with van der Waals surface area (Å²) in [7, 11) is 0. The molecule has 0 aliphatic heterocycles. The number of halogens is 1. The number of hydrogen-bond donors (Lipinski definition) is 1. The van der Waals surface area contributed by atoms with E-state index in [4.69, 9.17) is 23.8 Å². The molecule has 4 heteroatoms. The minimum atomic E-state index is -0.281. The lowest BCUT2D eigenvalue weighted by atomic mass is 10.2. The van der Waals surface area contributed by atoms with Crippen LogP contribution in [0.5, 0.6) is 0 Å². The fraction of sp³-hybridized carbons (Fsp3) is 0.200. The van der Waals surface area contributed by atoms with Gasteiger partial charge in [-0.15, -0.1) is 0 Å². The van der Waals surface area contributed by atoms with Gasteiger partial charge < -0.3 is 5.32 Å². The monoisotopic (exact) mass is 227 g/mol. The number of carbonyl (C=O) groups is 1. The van der Waals surface area contributed by atoms with Gasteiger partial charge in [-0.2, -0.15) is 0 Å². The van der Waals surface area contributed by atoms with E-state index in [9.17, 15) is 4.79 Å². The summed E-state index contributed by atoms with van der Waals surface area (Å²) in [6.07, 6.45) is 0. The molecule has 1 amide bonds. The zero-order valence-corrected chi connectivity index (χ0v) is 9.50. The molecule has 74 valence electrons. The molecule has 0 aliphatic rings. The van der Waals surface area contributed by atoms with Gasteiger partial charge >= 0.3 is 0 Å². The summed E-state index contributed by atoms with van der Waals surface area (Å²) < 4.78 is 0. The van der Waals surface area contributed by atoms with Crippen molar-refractivity contribution in [2.24, 2.45) is 0 Å². The van der Waals surface area contributed by atoms with E-state index in [-0.39, 0.29) is 5.91 Å². The fourth-order valence-electron chi connectivity index (χ4n) is 0.992. The number of amides is 1. The number of hydrogen-bond acceptors (Lipinski definition) is 2. The first-order chi connectivity index (χ1) is 6.52. The summed E-state index contributed by atoms with van der Waals surface area (Å²) >= 11 is 10.7. The van der Waals surface area contributed by atoms with Crippen LogP contribution in [0.4, 0.5) is 5.69 Å². The molecule has 2 nitrogen and oxygen atoms in total. The maximum Gasteiger partial charge on any atom is 0.262 e. The first-order valence-corrected chi connectivity index (χ1v) is 4.88. The molecule has 0 aromatic heterocycles. The van der Waals surface area contributed by atoms with Crippen molar-refractivity contribution in [2.75, 3.05) is 5.32 Å². The Kier molecular flexibility index (Phi) is 3.61. The van der Waals surface area contributed by atoms with Crippen LogP contribution in [-0.2, 0) is 4.79 Å². The molecule has 14 heavy (non-hydrogen) atoms. The first kappa shape index (κ1) is 11.1. The van der Waals surface area contributed by atoms with E-state index in [2.05, 4.69) is 5.32 Å². The number of nitrogens with one attached hydrogen (secondary N) is 1. The van der Waals surface area contributed by atoms with Crippen molar-refractivity contribution in [1.82, 2.24) is 0 Å². The molecule has 1 aromatic rings. The Balaban J connectivity index is 2.97. The van der Waals surface area contributed by atoms with Crippen LogP contribution in [0.25, 0.3) is 0 Å². The highest BCUT2D eigenvalue weighted by molar-refractivity contribution is 7.82. The highest BCUT2D eigenvalue weighted by Crippen LogP contribution is 2.24. The molecule has 0 saturated carbocycles. The third-order valence-electron chi connectivity index (χ3n) is 1.78. The maximum atomic E-state index is 11.3. The third-order valence-corrected chi connectivity index (χ3v) is 2.28. The number of thiocarbonyl (C=S) groups is 1. The summed E-state index contributed by atoms with van der Waals surface area (Å²) in [5, 5.41) is 3.19. The van der Waals surface area contributed by atoms with Crippen LogP contribution in [-0.4, -0.2) is 10.8 Å². The predicted molar refractivity (Wildman–Crippen MR) is 63.1 cm³/mol. The van der Waals surface area contributed by atoms with Crippen molar-refractivity contribution >= 4 is 40.3 Å². The SMILES string of the molecule is CC(=S)C(=O)Nc1c(C)cccc1Cl. The van der Waals surface area contributed by atoms with Crippen molar-refractivity contribution in [3.63, 3.8) is 0 Å². The number of aryl methyl sites for hydroxylation is 1. The lowest BCUT2D eigenvalue weighted by Gasteiger charge is -2.08. The van der Waals surface area contributed by atoms with Crippen LogP contribution < -0.4 is 5.32 Å². The van der Waals surface area contributed by atoms with Gasteiger partial charge in [-0.1, -0.05) is 36.0 Å². The van der Waals surface area contributed by atoms with Gasteiger partial charge in [0.05, 0.1) is 15.6 Å². The van der Waals surface area contributed by atoms with Gasteiger partial charge in [-0.05, 0) is 25.5 Å². The summed E-state index contributed by atoms with van der Waals surface area (Å²) in [6, 6.07) is 5.43. The van der Waals surface area contributed by atoms with Gasteiger partial charge in [0.25, 0.3) is 5.91 Å². The number of para-hydroxylation sites is 1. The van der Waals surface area contributed by atoms with Gasteiger partial charge in [0.15, 0.2) is 0 Å². The first-order valence-electron chi connectivity index (χ1n) is 4.09. The minimum Gasteiger partial charge on any atom is -0.320 e. The highest BCUT2D eigenvalue weighted by Gasteiger charge is 2.08. The average Bonchev–Trinajstić information content (AvgIpc) is 2.11. The molecule has 0 spiro atoms. The quantitative estimate of drug-likeness (QED) is 0.788. The summed E-state index contributed by atoms with van der Waals surface area (Å²) in [4.78, 5) is 11.6. The minimum absolute atomic E-state index is 0.281. The Bertz CT molecular complexity index is 369. The molecule has 1 aromatic carbocycles. The molecule has 1 rings (SSSR count). The zero-order chi connectivity index (χ0) is 10.7. The van der Waals surface area contributed by atoms with E-state index in [1.165, 1.54) is 0 Å². The average molecular weight is 228 g/mol. The smallest absolute Gasteiger partial charge is 0.262 e. The summed E-state index contributed by atoms with van der Waals surface area (Å²) in [5.74, 6) is -0.281. The molecule has 0 atom stereocenters. The Morgan fingerprint density at radius 3 is 2.64 bits per heavy atom. The molecular weight excluding hydrogens is 218 g/mol. The number of rotatable bonds is 2. The highest BCUT2D eigenvalue weighted by atomic mass is 35.5. The Morgan fingerprint density at radius 1 is 1.50 bits per heavy atom. The largest absolute Gasteiger partial charge is 0.320 e. The number of benzene rings is 1. The van der Waals surface area contributed by atoms with Crippen molar-refractivity contribution in [1.29, 1.82) is 0 Å². The zero-order valence-electron chi connectivity index (χ0n) is 7.93. The second-order valence-electron chi connectivity index (χ2n) is 2.94. The fourth-order valence-corrected chi connectivity index (χ4v) is 1.31. The topological polar surface area (TPSA) is 29.1 Å². The predicted octanol–water partition coefficient (Wildman–Crippen LogP) is 2.98. The van der Waals surface area contributed by atoms with Gasteiger partial charge in [-0.3, -0.25) is 4.79 Å². The van der Waals surface area contributed by atoms with Crippen LogP contribution in [0.1, 0.15) is 12.5 Å². The second kappa shape index (κ2) is 4.53. The lowest BCUT2D eigenvalue weighted by Crippen LogP contribution is -2.19. The number of anilines is 1. The van der Waals surface area contributed by atoms with E-state index in [0.717, 1.165) is 5.56 Å². The van der Waals surface area contributed by atoms with Crippen LogP contribution in [0.15, 0.2) is 18.2 Å². The summed E-state index contributed by atoms with van der Waals surface area (Å²) in [5.41, 5.74) is 1.55. The third kappa shape index (κ3) is 2.53. The standard InChI is InChI=1S/C10H10ClNOS/c1-6-4-3-5-8(11)9(6)12-10(13)7(2)14/h3-5H,1-2H3,(H,12,13). The Morgan fingerprint density at radius 2 is 2.14 bits per heavy atom. The lowest BCUT2D eigenvalue weighted by molar-refractivity contribution is -0.110. The molecule has 0 radical (unpaired) electrons. The van der Waals surface area contributed by atoms with E-state index in [1.54, 1.807) is 13.0 Å². The van der Waals surface area contributed by atoms with Gasteiger partial charge in [0, 0.05) is 0 Å². The Labute approximate surface area is 93.3 Å². The molecule has 1 N–H and O–H groups in total. The van der Waals surface area contributed by atoms with Crippen LogP contribution >= 0.6 is 23.8 Å². The van der Waals surface area contributed by atoms with Crippen molar-refractivity contribution < 1.29 is 4.79 Å². The van der Waals surface area contributed by atoms with Crippen molar-refractivity contribution in [3.05, 3.63) is 28.8 Å². The number of carbonyl (C=O) groups excluding carboxylic acids is 1. The Hall–Kier alpha value is -0.930. The summed E-state index contributed by atoms with van der Waals surface area (Å²) in [6.45, 7) is 3.46. The molecular formula is C10H10ClNOS. The molecule has 0 saturated heterocycles. The van der Waals surface area contributed by atoms with E-state index >= 15 is 0 Å². The van der Waals surface area contributed by atoms with Crippen LogP contribution in [0.2, 0.25) is 5.02 Å². The molecule has 0 unspecified atom stereocenters. The normalized spacial score (nSPS) is 9.64.